The zero-order valence-electron chi connectivity index (χ0n) is 11.6. The first-order valence-corrected chi connectivity index (χ1v) is 9.66. The molecule has 5 heteroatoms. The van der Waals surface area contributed by atoms with Crippen molar-refractivity contribution >= 4 is 24.7 Å². The van der Waals surface area contributed by atoms with E-state index >= 15 is 0 Å². The van der Waals surface area contributed by atoms with E-state index in [0.717, 1.165) is 11.2 Å². The van der Waals surface area contributed by atoms with Gasteiger partial charge in [0, 0.05) is 0 Å². The molecule has 0 aliphatic carbocycles. The maximum absolute atomic E-state index is 11.2. The normalized spacial score (nSPS) is 11.7. The molecule has 0 atom stereocenters. The molecule has 0 aromatic heterocycles. The summed E-state index contributed by atoms with van der Waals surface area (Å²) >= 11 is 0. The third kappa shape index (κ3) is 6.89. The fraction of sp³-hybridized carbons (Fsp3) is 0.571. The lowest BCUT2D eigenvalue weighted by Gasteiger charge is -2.03. The summed E-state index contributed by atoms with van der Waals surface area (Å²) in [5, 5.41) is 6.21. The summed E-state index contributed by atoms with van der Waals surface area (Å²) in [6, 6.07) is 8.13. The van der Waals surface area contributed by atoms with Gasteiger partial charge >= 0.3 is 0 Å². The quantitative estimate of drug-likeness (QED) is 0.562. The van der Waals surface area contributed by atoms with Gasteiger partial charge in [-0.15, -0.1) is 0 Å². The van der Waals surface area contributed by atoms with Crippen molar-refractivity contribution in [2.24, 2.45) is 5.14 Å². The molecule has 0 heterocycles. The molecule has 1 rings (SSSR count). The van der Waals surface area contributed by atoms with Gasteiger partial charge in [0.1, 0.15) is 0 Å². The molecule has 0 fully saturated rings. The molecule has 0 aliphatic heterocycles. The van der Waals surface area contributed by atoms with Crippen molar-refractivity contribution in [3.8, 4) is 0 Å². The molecule has 0 aliphatic rings. The van der Waals surface area contributed by atoms with Gasteiger partial charge in [0.05, 0.1) is 14.4 Å². The molecule has 106 valence electrons. The van der Waals surface area contributed by atoms with Crippen molar-refractivity contribution in [2.75, 3.05) is 0 Å². The summed E-state index contributed by atoms with van der Waals surface area (Å²) in [6.07, 6.45) is 7.76. The van der Waals surface area contributed by atoms with Crippen LogP contribution in [0.15, 0.2) is 29.2 Å². The maximum Gasteiger partial charge on any atom is 0.238 e. The lowest BCUT2D eigenvalue weighted by Crippen LogP contribution is -2.18. The van der Waals surface area contributed by atoms with Crippen LogP contribution in [0.25, 0.3) is 0 Å². The van der Waals surface area contributed by atoms with Gasteiger partial charge in [0.2, 0.25) is 10.0 Å². The second kappa shape index (κ2) is 8.50. The monoisotopic (exact) mass is 297 g/mol. The number of rotatable bonds is 9. The van der Waals surface area contributed by atoms with Crippen LogP contribution in [-0.2, 0) is 10.0 Å². The van der Waals surface area contributed by atoms with Crippen LogP contribution in [0.4, 0.5) is 0 Å². The van der Waals surface area contributed by atoms with E-state index in [2.05, 4.69) is 6.92 Å². The Bertz CT molecular complexity index is 474. The molecule has 2 N–H and O–H groups in total. The van der Waals surface area contributed by atoms with Gasteiger partial charge in [-0.25, -0.2) is 13.6 Å². The Hall–Kier alpha value is -0.653. The van der Waals surface area contributed by atoms with Gasteiger partial charge in [-0.2, -0.15) is 0 Å². The summed E-state index contributed by atoms with van der Waals surface area (Å²) in [7, 11) is -2.89. The van der Waals surface area contributed by atoms with Gasteiger partial charge in [-0.1, -0.05) is 68.8 Å². The van der Waals surface area contributed by atoms with Crippen molar-refractivity contribution in [1.29, 1.82) is 0 Å². The Morgan fingerprint density at radius 2 is 1.79 bits per heavy atom. The minimum absolute atomic E-state index is 0.223. The fourth-order valence-electron chi connectivity index (χ4n) is 1.92. The van der Waals surface area contributed by atoms with Crippen molar-refractivity contribution < 1.29 is 8.42 Å². The lowest BCUT2D eigenvalue weighted by atomic mass is 10.1. The molecule has 0 unspecified atom stereocenters. The largest absolute Gasteiger partial charge is 0.238 e. The molecule has 0 bridgehead atoms. The molecule has 0 saturated heterocycles. The van der Waals surface area contributed by atoms with Gasteiger partial charge in [0.15, 0.2) is 0 Å². The summed E-state index contributed by atoms with van der Waals surface area (Å²) in [5.41, 5.74) is 0. The summed E-state index contributed by atoms with van der Waals surface area (Å²) in [6.45, 7) is 2.22. The Morgan fingerprint density at radius 3 is 2.47 bits per heavy atom. The first kappa shape index (κ1) is 16.4. The van der Waals surface area contributed by atoms with Gasteiger partial charge in [-0.3, -0.25) is 0 Å². The summed E-state index contributed by atoms with van der Waals surface area (Å²) in [4.78, 5) is 0.223. The smallest absolute Gasteiger partial charge is 0.225 e. The van der Waals surface area contributed by atoms with Crippen LogP contribution in [0.1, 0.15) is 45.4 Å². The van der Waals surface area contributed by atoms with E-state index < -0.39 is 10.0 Å². The molecular weight excluding hydrogens is 274 g/mol. The highest BCUT2D eigenvalue weighted by Crippen LogP contribution is 2.07. The van der Waals surface area contributed by atoms with Crippen molar-refractivity contribution in [3.63, 3.8) is 0 Å². The summed E-state index contributed by atoms with van der Waals surface area (Å²) < 4.78 is 22.5. The van der Waals surface area contributed by atoms with Crippen LogP contribution in [0.5, 0.6) is 0 Å². The summed E-state index contributed by atoms with van der Waals surface area (Å²) in [5.74, 6) is 0. The maximum atomic E-state index is 11.2. The van der Waals surface area contributed by atoms with Gasteiger partial charge < -0.3 is 0 Å². The zero-order chi connectivity index (χ0) is 14.1. The Morgan fingerprint density at radius 1 is 1.11 bits per heavy atom. The molecular formula is C14H23NO2SSi. The Kier molecular flexibility index (Phi) is 7.34. The topological polar surface area (TPSA) is 60.2 Å². The lowest BCUT2D eigenvalue weighted by molar-refractivity contribution is 0.598. The standard InChI is InChI=1S/C14H23NO2SSi/c1-2-3-4-5-6-7-11-19-14-10-8-9-13(12-14)18(15,16)17/h8-10,12H,2-7,11H2,1H3,(H2,15,16,17). The highest BCUT2D eigenvalue weighted by molar-refractivity contribution is 7.89. The molecule has 3 nitrogen and oxygen atoms in total. The number of sulfonamides is 1. The van der Waals surface area contributed by atoms with Crippen LogP contribution in [-0.4, -0.2) is 17.9 Å². The van der Waals surface area contributed by atoms with E-state index in [-0.39, 0.29) is 4.90 Å². The Balaban J connectivity index is 2.30. The van der Waals surface area contributed by atoms with Crippen LogP contribution < -0.4 is 10.3 Å². The molecule has 19 heavy (non-hydrogen) atoms. The van der Waals surface area contributed by atoms with Crippen LogP contribution in [0, 0.1) is 0 Å². The van der Waals surface area contributed by atoms with E-state index in [4.69, 9.17) is 5.14 Å². The molecule has 1 aromatic carbocycles. The third-order valence-electron chi connectivity index (χ3n) is 3.02. The average Bonchev–Trinajstić information content (AvgIpc) is 2.37. The van der Waals surface area contributed by atoms with E-state index in [1.807, 2.05) is 6.07 Å². The average molecular weight is 297 g/mol. The van der Waals surface area contributed by atoms with E-state index in [1.54, 1.807) is 18.2 Å². The third-order valence-corrected chi connectivity index (χ3v) is 5.26. The number of benzene rings is 1. The Labute approximate surface area is 119 Å². The van der Waals surface area contributed by atoms with Crippen molar-refractivity contribution in [1.82, 2.24) is 0 Å². The number of hydrogen-bond donors (Lipinski definition) is 1. The molecule has 2 radical (unpaired) electrons. The SMILES string of the molecule is CCCCCCCC[Si]c1cccc(S(N)(=O)=O)c1. The zero-order valence-corrected chi connectivity index (χ0v) is 13.4. The first-order chi connectivity index (χ1) is 9.04. The molecule has 0 amide bonds. The highest BCUT2D eigenvalue weighted by atomic mass is 32.2. The second-order valence-corrected chi connectivity index (χ2v) is 7.76. The minimum atomic E-state index is -3.57. The number of hydrogen-bond acceptors (Lipinski definition) is 2. The van der Waals surface area contributed by atoms with E-state index in [9.17, 15) is 8.42 Å². The molecule has 1 aromatic rings. The van der Waals surface area contributed by atoms with Crippen LogP contribution >= 0.6 is 0 Å². The predicted octanol–water partition coefficient (Wildman–Crippen LogP) is 2.44. The van der Waals surface area contributed by atoms with Crippen molar-refractivity contribution in [3.05, 3.63) is 24.3 Å². The van der Waals surface area contributed by atoms with E-state index in [1.165, 1.54) is 38.5 Å². The van der Waals surface area contributed by atoms with Crippen LogP contribution in [0.3, 0.4) is 0 Å². The highest BCUT2D eigenvalue weighted by Gasteiger charge is 2.07. The van der Waals surface area contributed by atoms with Crippen LogP contribution in [0.2, 0.25) is 6.04 Å². The number of primary sulfonamides is 1. The predicted molar refractivity (Wildman–Crippen MR) is 81.4 cm³/mol. The number of unbranched alkanes of at least 4 members (excludes halogenated alkanes) is 5. The van der Waals surface area contributed by atoms with E-state index in [0.29, 0.717) is 9.52 Å². The number of nitrogens with two attached hydrogens (primary N) is 1. The fourth-order valence-corrected chi connectivity index (χ4v) is 3.77. The van der Waals surface area contributed by atoms with Gasteiger partial charge in [-0.05, 0) is 12.1 Å². The van der Waals surface area contributed by atoms with Crippen molar-refractivity contribution in [2.45, 2.75) is 56.4 Å². The molecule has 0 saturated carbocycles. The molecule has 0 spiro atoms. The minimum Gasteiger partial charge on any atom is -0.225 e. The second-order valence-electron chi connectivity index (χ2n) is 4.77. The van der Waals surface area contributed by atoms with Gasteiger partial charge in [0.25, 0.3) is 0 Å². The first-order valence-electron chi connectivity index (χ1n) is 6.91.